The number of carbonyl (C=O) groups excluding carboxylic acids is 1. The van der Waals surface area contributed by atoms with Crippen LogP contribution in [-0.4, -0.2) is 36.9 Å². The summed E-state index contributed by atoms with van der Waals surface area (Å²) < 4.78 is 11.1. The van der Waals surface area contributed by atoms with Gasteiger partial charge in [-0.1, -0.05) is 26.0 Å². The fourth-order valence-corrected chi connectivity index (χ4v) is 4.25. The number of quaternary nitrogens is 1. The van der Waals surface area contributed by atoms with Gasteiger partial charge in [0.05, 0.1) is 6.54 Å². The minimum atomic E-state index is -0.316. The number of carbonyl (C=O) groups is 1. The minimum Gasteiger partial charge on any atom is -1.00 e. The number of hydrogen-bond acceptors (Lipinski definition) is 4. The lowest BCUT2D eigenvalue weighted by atomic mass is 9.93. The summed E-state index contributed by atoms with van der Waals surface area (Å²) in [5.41, 5.74) is 5.63. The van der Waals surface area contributed by atoms with E-state index in [2.05, 4.69) is 39.1 Å². The van der Waals surface area contributed by atoms with Gasteiger partial charge in [-0.25, -0.2) is 4.79 Å². The first-order valence-corrected chi connectivity index (χ1v) is 11.4. The van der Waals surface area contributed by atoms with Gasteiger partial charge in [-0.2, -0.15) is 0 Å². The van der Waals surface area contributed by atoms with Crippen LogP contribution in [0.3, 0.4) is 0 Å². The van der Waals surface area contributed by atoms with Crippen LogP contribution in [0.15, 0.2) is 30.3 Å². The van der Waals surface area contributed by atoms with Crippen LogP contribution < -0.4 is 22.5 Å². The van der Waals surface area contributed by atoms with E-state index >= 15 is 0 Å². The van der Waals surface area contributed by atoms with Crippen molar-refractivity contribution >= 4 is 5.97 Å². The highest BCUT2D eigenvalue weighted by Crippen LogP contribution is 2.29. The van der Waals surface area contributed by atoms with Crippen molar-refractivity contribution in [2.75, 3.05) is 19.8 Å². The summed E-state index contributed by atoms with van der Waals surface area (Å²) in [5.74, 6) is 0.995. The number of halogens is 1. The highest BCUT2D eigenvalue weighted by Gasteiger charge is 2.18. The fraction of sp³-hybridized carbons (Fsp3) is 0.500. The van der Waals surface area contributed by atoms with Crippen molar-refractivity contribution in [1.29, 1.82) is 0 Å². The molecule has 1 heterocycles. The first-order chi connectivity index (χ1) is 14.8. The van der Waals surface area contributed by atoms with E-state index in [0.717, 1.165) is 36.1 Å². The van der Waals surface area contributed by atoms with E-state index in [4.69, 9.17) is 9.47 Å². The van der Waals surface area contributed by atoms with E-state index in [-0.39, 0.29) is 30.9 Å². The molecule has 2 aromatic carbocycles. The average molecular weight is 462 g/mol. The number of ether oxygens (including phenoxy) is 2. The molecule has 0 bridgehead atoms. The Bertz CT molecular complexity index is 884. The topological polar surface area (TPSA) is 72.4 Å². The maximum atomic E-state index is 12.1. The number of piperidine rings is 1. The van der Waals surface area contributed by atoms with Gasteiger partial charge in [-0.15, -0.1) is 0 Å². The largest absolute Gasteiger partial charge is 1.00 e. The molecule has 0 aromatic heterocycles. The summed E-state index contributed by atoms with van der Waals surface area (Å²) in [7, 11) is 0. The molecule has 3 N–H and O–H groups in total. The molecule has 1 aliphatic rings. The van der Waals surface area contributed by atoms with E-state index in [1.54, 1.807) is 6.07 Å². The standard InChI is InChI=1S/C26H35NO4.ClH/c1-17(2)23-13-20(8-9-25(23)28)14-24-18(3)11-22(12-19(24)4)30-16-26(29)31-15-21-7-5-6-10-27-21;/h8-9,11-13,17,21,27-28H,5-7,10,14-16H2,1-4H3;1H. The van der Waals surface area contributed by atoms with Gasteiger partial charge in [0.15, 0.2) is 6.61 Å². The predicted molar refractivity (Wildman–Crippen MR) is 122 cm³/mol. The highest BCUT2D eigenvalue weighted by molar-refractivity contribution is 5.71. The summed E-state index contributed by atoms with van der Waals surface area (Å²) in [5, 5.41) is 12.3. The predicted octanol–water partition coefficient (Wildman–Crippen LogP) is 0.765. The molecule has 0 radical (unpaired) electrons. The second kappa shape index (κ2) is 12.1. The third kappa shape index (κ3) is 7.14. The van der Waals surface area contributed by atoms with Crippen LogP contribution in [0.1, 0.15) is 66.8 Å². The van der Waals surface area contributed by atoms with Crippen LogP contribution >= 0.6 is 0 Å². The second-order valence-corrected chi connectivity index (χ2v) is 9.01. The van der Waals surface area contributed by atoms with E-state index in [0.29, 0.717) is 24.1 Å². The number of aryl methyl sites for hydroxylation is 2. The smallest absolute Gasteiger partial charge is 0.344 e. The van der Waals surface area contributed by atoms with Gasteiger partial charge < -0.3 is 32.3 Å². The van der Waals surface area contributed by atoms with E-state index in [9.17, 15) is 9.90 Å². The quantitative estimate of drug-likeness (QED) is 0.569. The third-order valence-electron chi connectivity index (χ3n) is 6.11. The molecular formula is C26H36ClNO4. The number of aromatic hydroxyl groups is 1. The number of rotatable bonds is 8. The molecule has 1 fully saturated rings. The minimum absolute atomic E-state index is 0. The van der Waals surface area contributed by atoms with Crippen LogP contribution in [-0.2, 0) is 16.0 Å². The Balaban J connectivity index is 0.00000363. The van der Waals surface area contributed by atoms with Gasteiger partial charge in [0, 0.05) is 6.42 Å². The van der Waals surface area contributed by atoms with Crippen LogP contribution in [0, 0.1) is 13.8 Å². The number of nitrogens with two attached hydrogens (primary N) is 1. The molecule has 2 aromatic rings. The molecule has 1 unspecified atom stereocenters. The molecule has 1 saturated heterocycles. The molecule has 176 valence electrons. The SMILES string of the molecule is Cc1cc(OCC(=O)OCC2CCCC[NH2+]2)cc(C)c1Cc1ccc(O)c(C(C)C)c1.[Cl-]. The average Bonchev–Trinajstić information content (AvgIpc) is 2.75. The Labute approximate surface area is 197 Å². The zero-order valence-electron chi connectivity index (χ0n) is 19.6. The zero-order valence-corrected chi connectivity index (χ0v) is 20.4. The van der Waals surface area contributed by atoms with Crippen LogP contribution in [0.5, 0.6) is 11.5 Å². The van der Waals surface area contributed by atoms with Crippen molar-refractivity contribution in [2.45, 2.75) is 65.3 Å². The lowest BCUT2D eigenvalue weighted by molar-refractivity contribution is -0.698. The Morgan fingerprint density at radius 3 is 2.50 bits per heavy atom. The maximum Gasteiger partial charge on any atom is 0.344 e. The van der Waals surface area contributed by atoms with Crippen molar-refractivity contribution in [2.24, 2.45) is 0 Å². The summed E-state index contributed by atoms with van der Waals surface area (Å²) in [4.78, 5) is 12.1. The Morgan fingerprint density at radius 1 is 1.16 bits per heavy atom. The van der Waals surface area contributed by atoms with Crippen LogP contribution in [0.2, 0.25) is 0 Å². The fourth-order valence-electron chi connectivity index (χ4n) is 4.25. The monoisotopic (exact) mass is 461 g/mol. The van der Waals surface area contributed by atoms with Gasteiger partial charge in [0.25, 0.3) is 0 Å². The zero-order chi connectivity index (χ0) is 22.4. The third-order valence-corrected chi connectivity index (χ3v) is 6.11. The lowest BCUT2D eigenvalue weighted by Crippen LogP contribution is -3.00. The van der Waals surface area contributed by atoms with Gasteiger partial charge in [-0.3, -0.25) is 0 Å². The number of phenolic OH excluding ortho intramolecular Hbond substituents is 1. The van der Waals surface area contributed by atoms with Crippen LogP contribution in [0.4, 0.5) is 0 Å². The van der Waals surface area contributed by atoms with Crippen molar-refractivity contribution < 1.29 is 37.1 Å². The Hall–Kier alpha value is -2.24. The number of phenols is 1. The highest BCUT2D eigenvalue weighted by atomic mass is 35.5. The first-order valence-electron chi connectivity index (χ1n) is 11.4. The van der Waals surface area contributed by atoms with E-state index in [1.807, 2.05) is 18.2 Å². The van der Waals surface area contributed by atoms with Gasteiger partial charge >= 0.3 is 5.97 Å². The molecule has 1 atom stereocenters. The number of hydrogen-bond donors (Lipinski definition) is 2. The normalized spacial score (nSPS) is 15.8. The molecule has 0 spiro atoms. The Morgan fingerprint density at radius 2 is 1.88 bits per heavy atom. The molecule has 0 amide bonds. The van der Waals surface area contributed by atoms with Crippen molar-refractivity contribution in [1.82, 2.24) is 0 Å². The molecule has 3 rings (SSSR count). The van der Waals surface area contributed by atoms with E-state index < -0.39 is 0 Å². The summed E-state index contributed by atoms with van der Waals surface area (Å²) in [6.45, 7) is 9.81. The number of esters is 1. The molecule has 0 aliphatic carbocycles. The number of benzene rings is 2. The molecule has 1 aliphatic heterocycles. The summed E-state index contributed by atoms with van der Waals surface area (Å²) in [6, 6.07) is 10.2. The van der Waals surface area contributed by atoms with Crippen molar-refractivity contribution in [3.05, 3.63) is 58.1 Å². The molecular weight excluding hydrogens is 426 g/mol. The molecule has 6 heteroatoms. The van der Waals surface area contributed by atoms with Gasteiger partial charge in [0.1, 0.15) is 24.1 Å². The Kier molecular flexibility index (Phi) is 9.85. The molecule has 0 saturated carbocycles. The van der Waals surface area contributed by atoms with Crippen molar-refractivity contribution in [3.8, 4) is 11.5 Å². The van der Waals surface area contributed by atoms with Gasteiger partial charge in [0.2, 0.25) is 0 Å². The van der Waals surface area contributed by atoms with Crippen molar-refractivity contribution in [3.63, 3.8) is 0 Å². The second-order valence-electron chi connectivity index (χ2n) is 9.01. The van der Waals surface area contributed by atoms with Gasteiger partial charge in [-0.05, 0) is 85.0 Å². The lowest BCUT2D eigenvalue weighted by Gasteiger charge is -2.19. The summed E-state index contributed by atoms with van der Waals surface area (Å²) >= 11 is 0. The van der Waals surface area contributed by atoms with Crippen LogP contribution in [0.25, 0.3) is 0 Å². The summed E-state index contributed by atoms with van der Waals surface area (Å²) in [6.07, 6.45) is 4.35. The molecule has 32 heavy (non-hydrogen) atoms. The van der Waals surface area contributed by atoms with E-state index in [1.165, 1.54) is 24.0 Å². The first kappa shape index (κ1) is 26.0. The maximum absolute atomic E-state index is 12.1. The molecule has 5 nitrogen and oxygen atoms in total.